The highest BCUT2D eigenvalue weighted by Gasteiger charge is 2.27. The van der Waals surface area contributed by atoms with E-state index >= 15 is 0 Å². The molecule has 1 fully saturated rings. The van der Waals surface area contributed by atoms with Crippen LogP contribution in [0.15, 0.2) is 18.2 Å². The number of carbonyl (C=O) groups is 2. The molecule has 1 heterocycles. The minimum absolute atomic E-state index is 0.0994. The van der Waals surface area contributed by atoms with E-state index in [1.807, 2.05) is 19.9 Å². The van der Waals surface area contributed by atoms with Crippen molar-refractivity contribution in [2.45, 2.75) is 19.9 Å². The second kappa shape index (κ2) is 6.55. The van der Waals surface area contributed by atoms with E-state index in [0.29, 0.717) is 37.6 Å². The fraction of sp³-hybridized carbons (Fsp3) is 0.467. The Morgan fingerprint density at radius 3 is 2.68 bits per heavy atom. The van der Waals surface area contributed by atoms with Gasteiger partial charge in [0, 0.05) is 37.4 Å². The Morgan fingerprint density at radius 1 is 1.41 bits per heavy atom. The molecule has 0 radical (unpaired) electrons. The van der Waals surface area contributed by atoms with Crippen LogP contribution in [-0.4, -0.2) is 54.3 Å². The highest BCUT2D eigenvalue weighted by Crippen LogP contribution is 2.27. The van der Waals surface area contributed by atoms with Gasteiger partial charge in [-0.2, -0.15) is 0 Å². The van der Waals surface area contributed by atoms with Gasteiger partial charge in [0.05, 0.1) is 12.2 Å². The number of rotatable bonds is 4. The van der Waals surface area contributed by atoms with Gasteiger partial charge in [0.1, 0.15) is 5.75 Å². The molecule has 1 atom stereocenters. The van der Waals surface area contributed by atoms with Crippen molar-refractivity contribution in [3.05, 3.63) is 23.8 Å². The van der Waals surface area contributed by atoms with Crippen molar-refractivity contribution in [2.24, 2.45) is 5.73 Å². The molecule has 0 spiro atoms. The van der Waals surface area contributed by atoms with Crippen molar-refractivity contribution in [2.75, 3.05) is 31.1 Å². The Morgan fingerprint density at radius 2 is 2.14 bits per heavy atom. The first-order valence-electron chi connectivity index (χ1n) is 7.25. The summed E-state index contributed by atoms with van der Waals surface area (Å²) in [5.74, 6) is -0.0696. The molecule has 2 rings (SSSR count). The summed E-state index contributed by atoms with van der Waals surface area (Å²) in [6, 6.07) is 5.15. The second-order valence-corrected chi connectivity index (χ2v) is 5.25. The number of ether oxygens (including phenoxy) is 1. The van der Waals surface area contributed by atoms with Crippen LogP contribution in [0.4, 0.5) is 10.5 Å². The topological polar surface area (TPSA) is 96.1 Å². The molecule has 22 heavy (non-hydrogen) atoms. The monoisotopic (exact) mass is 307 g/mol. The quantitative estimate of drug-likeness (QED) is 0.876. The molecule has 120 valence electrons. The fourth-order valence-corrected chi connectivity index (χ4v) is 2.66. The van der Waals surface area contributed by atoms with Gasteiger partial charge in [-0.25, -0.2) is 4.79 Å². The number of nitrogens with two attached hydrogens (primary N) is 1. The summed E-state index contributed by atoms with van der Waals surface area (Å²) in [4.78, 5) is 26.0. The second-order valence-electron chi connectivity index (χ2n) is 5.25. The fourth-order valence-electron chi connectivity index (χ4n) is 2.66. The summed E-state index contributed by atoms with van der Waals surface area (Å²) in [5.41, 5.74) is 6.59. The van der Waals surface area contributed by atoms with E-state index in [0.717, 1.165) is 5.69 Å². The number of nitrogens with zero attached hydrogens (tertiary/aromatic N) is 2. The maximum atomic E-state index is 11.4. The zero-order valence-corrected chi connectivity index (χ0v) is 12.8. The molecule has 1 saturated heterocycles. The van der Waals surface area contributed by atoms with E-state index in [9.17, 15) is 9.59 Å². The van der Waals surface area contributed by atoms with Gasteiger partial charge >= 0.3 is 6.09 Å². The Kier molecular flexibility index (Phi) is 4.75. The minimum Gasteiger partial charge on any atom is -0.493 e. The molecule has 1 aliphatic rings. The molecule has 7 heteroatoms. The third kappa shape index (κ3) is 3.24. The molecule has 0 unspecified atom stereocenters. The predicted molar refractivity (Wildman–Crippen MR) is 82.5 cm³/mol. The molecule has 1 aromatic rings. The van der Waals surface area contributed by atoms with Gasteiger partial charge in [-0.05, 0) is 26.0 Å². The summed E-state index contributed by atoms with van der Waals surface area (Å²) in [6.07, 6.45) is -0.897. The summed E-state index contributed by atoms with van der Waals surface area (Å²) < 4.78 is 5.48. The zero-order valence-electron chi connectivity index (χ0n) is 12.8. The molecule has 0 bridgehead atoms. The SMILES string of the molecule is CCOc1cc(N2CCN(C(=O)O)[C@H](C)C2)ccc1C(N)=O. The Labute approximate surface area is 129 Å². The molecule has 0 aliphatic carbocycles. The number of primary amides is 1. The highest BCUT2D eigenvalue weighted by molar-refractivity contribution is 5.96. The van der Waals surface area contributed by atoms with E-state index in [1.54, 1.807) is 12.1 Å². The molecule has 2 amide bonds. The third-order valence-corrected chi connectivity index (χ3v) is 3.77. The van der Waals surface area contributed by atoms with Crippen LogP contribution in [-0.2, 0) is 0 Å². The highest BCUT2D eigenvalue weighted by atomic mass is 16.5. The normalized spacial score (nSPS) is 18.2. The van der Waals surface area contributed by atoms with Crippen LogP contribution < -0.4 is 15.4 Å². The number of piperazine rings is 1. The first-order chi connectivity index (χ1) is 10.4. The van der Waals surface area contributed by atoms with Crippen molar-refractivity contribution in [1.29, 1.82) is 0 Å². The van der Waals surface area contributed by atoms with E-state index in [2.05, 4.69) is 4.90 Å². The number of amides is 2. The molecule has 1 aliphatic heterocycles. The van der Waals surface area contributed by atoms with E-state index in [-0.39, 0.29) is 6.04 Å². The van der Waals surface area contributed by atoms with Crippen LogP contribution in [0.2, 0.25) is 0 Å². The number of carboxylic acid groups (broad SMARTS) is 1. The predicted octanol–water partition coefficient (Wildman–Crippen LogP) is 1.37. The zero-order chi connectivity index (χ0) is 16.3. The Hall–Kier alpha value is -2.44. The van der Waals surface area contributed by atoms with Gasteiger partial charge in [-0.15, -0.1) is 0 Å². The Balaban J connectivity index is 2.21. The van der Waals surface area contributed by atoms with Crippen molar-refractivity contribution < 1.29 is 19.4 Å². The van der Waals surface area contributed by atoms with Crippen LogP contribution in [0.3, 0.4) is 0 Å². The average molecular weight is 307 g/mol. The van der Waals surface area contributed by atoms with Gasteiger partial charge < -0.3 is 25.4 Å². The van der Waals surface area contributed by atoms with Crippen molar-refractivity contribution >= 4 is 17.7 Å². The number of hydrogen-bond donors (Lipinski definition) is 2. The summed E-state index contributed by atoms with van der Waals surface area (Å²) in [7, 11) is 0. The van der Waals surface area contributed by atoms with Crippen LogP contribution in [0.25, 0.3) is 0 Å². The third-order valence-electron chi connectivity index (χ3n) is 3.77. The molecular weight excluding hydrogens is 286 g/mol. The average Bonchev–Trinajstić information content (AvgIpc) is 2.46. The van der Waals surface area contributed by atoms with Gasteiger partial charge in [0.15, 0.2) is 0 Å². The largest absolute Gasteiger partial charge is 0.493 e. The van der Waals surface area contributed by atoms with E-state index in [4.69, 9.17) is 15.6 Å². The summed E-state index contributed by atoms with van der Waals surface area (Å²) in [6.45, 7) is 5.78. The van der Waals surface area contributed by atoms with Gasteiger partial charge in [-0.3, -0.25) is 4.79 Å². The van der Waals surface area contributed by atoms with Crippen LogP contribution >= 0.6 is 0 Å². The lowest BCUT2D eigenvalue weighted by Crippen LogP contribution is -2.53. The standard InChI is InChI=1S/C15H21N3O4/c1-3-22-13-8-11(4-5-12(13)14(16)19)17-6-7-18(15(20)21)10(2)9-17/h4-5,8,10H,3,6-7,9H2,1-2H3,(H2,16,19)(H,20,21)/t10-/m1/s1. The molecule has 0 aromatic heterocycles. The smallest absolute Gasteiger partial charge is 0.407 e. The first kappa shape index (κ1) is 15.9. The lowest BCUT2D eigenvalue weighted by atomic mass is 10.1. The van der Waals surface area contributed by atoms with Gasteiger partial charge in [-0.1, -0.05) is 0 Å². The van der Waals surface area contributed by atoms with E-state index in [1.165, 1.54) is 4.90 Å². The first-order valence-corrected chi connectivity index (χ1v) is 7.25. The van der Waals surface area contributed by atoms with E-state index < -0.39 is 12.0 Å². The number of hydrogen-bond acceptors (Lipinski definition) is 4. The van der Waals surface area contributed by atoms with Crippen molar-refractivity contribution in [3.8, 4) is 5.75 Å². The number of carbonyl (C=O) groups excluding carboxylic acids is 1. The summed E-state index contributed by atoms with van der Waals surface area (Å²) >= 11 is 0. The molecule has 0 saturated carbocycles. The molecule has 3 N–H and O–H groups in total. The number of anilines is 1. The van der Waals surface area contributed by atoms with Crippen LogP contribution in [0.5, 0.6) is 5.75 Å². The van der Waals surface area contributed by atoms with Crippen LogP contribution in [0.1, 0.15) is 24.2 Å². The maximum Gasteiger partial charge on any atom is 0.407 e. The number of benzene rings is 1. The van der Waals surface area contributed by atoms with Crippen molar-refractivity contribution in [3.63, 3.8) is 0 Å². The Bertz CT molecular complexity index is 576. The molecular formula is C15H21N3O4. The molecule has 1 aromatic carbocycles. The lowest BCUT2D eigenvalue weighted by molar-refractivity contribution is 0.0996. The van der Waals surface area contributed by atoms with Crippen molar-refractivity contribution in [1.82, 2.24) is 4.90 Å². The maximum absolute atomic E-state index is 11.4. The van der Waals surface area contributed by atoms with Crippen LogP contribution in [0, 0.1) is 0 Å². The minimum atomic E-state index is -0.897. The van der Waals surface area contributed by atoms with Gasteiger partial charge in [0.2, 0.25) is 0 Å². The molecule has 7 nitrogen and oxygen atoms in total. The lowest BCUT2D eigenvalue weighted by Gasteiger charge is -2.39. The van der Waals surface area contributed by atoms with Gasteiger partial charge in [0.25, 0.3) is 5.91 Å². The summed E-state index contributed by atoms with van der Waals surface area (Å²) in [5, 5.41) is 9.11.